The summed E-state index contributed by atoms with van der Waals surface area (Å²) in [6.07, 6.45) is 3.77. The highest BCUT2D eigenvalue weighted by atomic mass is 16.6. The molecule has 5 rings (SSSR count). The molecule has 0 aliphatic carbocycles. The second kappa shape index (κ2) is 6.97. The van der Waals surface area contributed by atoms with Crippen LogP contribution in [0.4, 0.5) is 0 Å². The third-order valence-corrected chi connectivity index (χ3v) is 6.49. The van der Waals surface area contributed by atoms with Gasteiger partial charge in [0, 0.05) is 43.3 Å². The van der Waals surface area contributed by atoms with Crippen molar-refractivity contribution in [1.29, 1.82) is 0 Å². The number of rotatable bonds is 2. The lowest BCUT2D eigenvalue weighted by atomic mass is 9.80. The summed E-state index contributed by atoms with van der Waals surface area (Å²) in [6, 6.07) is 11.7. The Morgan fingerprint density at radius 3 is 2.73 bits per heavy atom. The molecular weight excluding hydrogens is 378 g/mol. The molecule has 2 aliphatic rings. The molecule has 1 spiro atoms. The first-order valence-electron chi connectivity index (χ1n) is 10.5. The SMILES string of the molecule is CC(C)c1ccc2c(c1)C(=O)OC1(CCN(C(=O)c3ccc4cn[nH]c4c3)CC1)C2. The third-order valence-electron chi connectivity index (χ3n) is 6.49. The van der Waals surface area contributed by atoms with Gasteiger partial charge in [-0.15, -0.1) is 0 Å². The van der Waals surface area contributed by atoms with Crippen LogP contribution in [-0.2, 0) is 11.2 Å². The number of hydrogen-bond acceptors (Lipinski definition) is 4. The monoisotopic (exact) mass is 403 g/mol. The van der Waals surface area contributed by atoms with Gasteiger partial charge >= 0.3 is 5.97 Å². The van der Waals surface area contributed by atoms with Gasteiger partial charge in [0.15, 0.2) is 0 Å². The lowest BCUT2D eigenvalue weighted by Crippen LogP contribution is -2.51. The smallest absolute Gasteiger partial charge is 0.338 e. The van der Waals surface area contributed by atoms with Crippen LogP contribution in [0, 0.1) is 0 Å². The summed E-state index contributed by atoms with van der Waals surface area (Å²) in [5.41, 5.74) is 3.89. The predicted octanol–water partition coefficient (Wildman–Crippen LogP) is 4.07. The molecule has 6 heteroatoms. The first kappa shape index (κ1) is 18.9. The minimum atomic E-state index is -0.506. The highest BCUT2D eigenvalue weighted by molar-refractivity contribution is 5.98. The number of carbonyl (C=O) groups excluding carboxylic acids is 2. The van der Waals surface area contributed by atoms with Crippen LogP contribution in [0.2, 0.25) is 0 Å². The van der Waals surface area contributed by atoms with E-state index in [9.17, 15) is 9.59 Å². The fourth-order valence-corrected chi connectivity index (χ4v) is 4.58. The van der Waals surface area contributed by atoms with Crippen molar-refractivity contribution in [2.24, 2.45) is 0 Å². The zero-order chi connectivity index (χ0) is 20.9. The van der Waals surface area contributed by atoms with E-state index in [4.69, 9.17) is 4.74 Å². The summed E-state index contributed by atoms with van der Waals surface area (Å²) < 4.78 is 5.97. The van der Waals surface area contributed by atoms with Crippen LogP contribution >= 0.6 is 0 Å². The fraction of sp³-hybridized carbons (Fsp3) is 0.375. The van der Waals surface area contributed by atoms with Crippen molar-refractivity contribution in [3.63, 3.8) is 0 Å². The average Bonchev–Trinajstić information content (AvgIpc) is 3.21. The van der Waals surface area contributed by atoms with Crippen molar-refractivity contribution in [2.45, 2.75) is 44.6 Å². The number of benzene rings is 2. The van der Waals surface area contributed by atoms with Crippen molar-refractivity contribution in [3.05, 3.63) is 64.8 Å². The molecule has 0 bridgehead atoms. The Morgan fingerprint density at radius 1 is 1.17 bits per heavy atom. The van der Waals surface area contributed by atoms with Crippen LogP contribution in [0.5, 0.6) is 0 Å². The van der Waals surface area contributed by atoms with Crippen molar-refractivity contribution in [1.82, 2.24) is 15.1 Å². The van der Waals surface area contributed by atoms with E-state index in [1.54, 1.807) is 6.20 Å². The Bertz CT molecular complexity index is 1140. The number of esters is 1. The predicted molar refractivity (Wildman–Crippen MR) is 114 cm³/mol. The molecule has 1 N–H and O–H groups in total. The molecule has 3 heterocycles. The van der Waals surface area contributed by atoms with E-state index in [-0.39, 0.29) is 11.9 Å². The third kappa shape index (κ3) is 3.16. The second-order valence-corrected chi connectivity index (χ2v) is 8.78. The number of nitrogens with one attached hydrogen (secondary N) is 1. The molecule has 1 aromatic heterocycles. The van der Waals surface area contributed by atoms with Gasteiger partial charge < -0.3 is 9.64 Å². The highest BCUT2D eigenvalue weighted by Crippen LogP contribution is 2.37. The number of carbonyl (C=O) groups is 2. The molecule has 0 unspecified atom stereocenters. The molecule has 3 aromatic rings. The molecule has 2 aromatic carbocycles. The normalized spacial score (nSPS) is 18.0. The molecule has 1 fully saturated rings. The van der Waals surface area contributed by atoms with Gasteiger partial charge in [-0.2, -0.15) is 5.10 Å². The molecule has 0 atom stereocenters. The van der Waals surface area contributed by atoms with Crippen LogP contribution in [0.25, 0.3) is 10.9 Å². The van der Waals surface area contributed by atoms with Crippen LogP contribution < -0.4 is 0 Å². The first-order valence-corrected chi connectivity index (χ1v) is 10.5. The molecule has 1 saturated heterocycles. The Labute approximate surface area is 175 Å². The van der Waals surface area contributed by atoms with Gasteiger partial charge in [0.1, 0.15) is 5.60 Å². The van der Waals surface area contributed by atoms with E-state index in [1.807, 2.05) is 29.2 Å². The zero-order valence-corrected chi connectivity index (χ0v) is 17.3. The number of hydrogen-bond donors (Lipinski definition) is 1. The number of aromatic amines is 1. The van der Waals surface area contributed by atoms with Crippen molar-refractivity contribution in [2.75, 3.05) is 13.1 Å². The molecule has 30 heavy (non-hydrogen) atoms. The lowest BCUT2D eigenvalue weighted by molar-refractivity contribution is -0.0526. The Hall–Kier alpha value is -3.15. The number of fused-ring (bicyclic) bond motifs is 2. The Morgan fingerprint density at radius 2 is 1.97 bits per heavy atom. The topological polar surface area (TPSA) is 75.3 Å². The maximum absolute atomic E-state index is 13.0. The number of nitrogens with zero attached hydrogens (tertiary/aromatic N) is 2. The molecule has 6 nitrogen and oxygen atoms in total. The van der Waals surface area contributed by atoms with E-state index in [0.29, 0.717) is 49.4 Å². The van der Waals surface area contributed by atoms with Gasteiger partial charge in [-0.1, -0.05) is 32.0 Å². The Kier molecular flexibility index (Phi) is 4.38. The number of H-pyrrole nitrogens is 1. The van der Waals surface area contributed by atoms with E-state index < -0.39 is 5.60 Å². The van der Waals surface area contributed by atoms with E-state index >= 15 is 0 Å². The summed E-state index contributed by atoms with van der Waals surface area (Å²) in [7, 11) is 0. The van der Waals surface area contributed by atoms with Crippen LogP contribution in [0.3, 0.4) is 0 Å². The molecule has 0 saturated carbocycles. The van der Waals surface area contributed by atoms with Crippen LogP contribution in [-0.4, -0.2) is 45.7 Å². The van der Waals surface area contributed by atoms with Gasteiger partial charge in [-0.25, -0.2) is 4.79 Å². The maximum Gasteiger partial charge on any atom is 0.338 e. The zero-order valence-electron chi connectivity index (χ0n) is 17.3. The number of ether oxygens (including phenoxy) is 1. The standard InChI is InChI=1S/C24H25N3O3/c1-15(2)16-3-5-18-13-24(30-23(29)20(18)11-16)7-9-27(10-8-24)22(28)17-4-6-19-14-25-26-21(19)12-17/h3-6,11-12,14-15H,7-10,13H2,1-2H3,(H,25,26). The number of likely N-dealkylation sites (tertiary alicyclic amines) is 1. The van der Waals surface area contributed by atoms with Crippen molar-refractivity contribution in [3.8, 4) is 0 Å². The number of aromatic nitrogens is 2. The maximum atomic E-state index is 13.0. The van der Waals surface area contributed by atoms with Crippen LogP contribution in [0.1, 0.15) is 64.4 Å². The largest absolute Gasteiger partial charge is 0.455 e. The second-order valence-electron chi connectivity index (χ2n) is 8.78. The van der Waals surface area contributed by atoms with E-state index in [2.05, 4.69) is 36.2 Å². The van der Waals surface area contributed by atoms with Gasteiger partial charge in [0.25, 0.3) is 5.91 Å². The summed E-state index contributed by atoms with van der Waals surface area (Å²) in [4.78, 5) is 27.6. The van der Waals surface area contributed by atoms with Crippen LogP contribution in [0.15, 0.2) is 42.6 Å². The number of amides is 1. The number of piperidine rings is 1. The van der Waals surface area contributed by atoms with Gasteiger partial charge in [-0.05, 0) is 35.2 Å². The van der Waals surface area contributed by atoms with Gasteiger partial charge in [-0.3, -0.25) is 9.89 Å². The average molecular weight is 403 g/mol. The fourth-order valence-electron chi connectivity index (χ4n) is 4.58. The minimum Gasteiger partial charge on any atom is -0.455 e. The first-order chi connectivity index (χ1) is 14.4. The summed E-state index contributed by atoms with van der Waals surface area (Å²) in [5.74, 6) is 0.142. The molecule has 154 valence electrons. The minimum absolute atomic E-state index is 0.00506. The Balaban J connectivity index is 1.31. The van der Waals surface area contributed by atoms with Gasteiger partial charge in [0.05, 0.1) is 17.3 Å². The quantitative estimate of drug-likeness (QED) is 0.655. The van der Waals surface area contributed by atoms with Crippen molar-refractivity contribution >= 4 is 22.8 Å². The molecule has 1 amide bonds. The van der Waals surface area contributed by atoms with E-state index in [0.717, 1.165) is 22.0 Å². The van der Waals surface area contributed by atoms with Gasteiger partial charge in [0.2, 0.25) is 0 Å². The highest BCUT2D eigenvalue weighted by Gasteiger charge is 2.43. The summed E-state index contributed by atoms with van der Waals surface area (Å²) >= 11 is 0. The van der Waals surface area contributed by atoms with Crippen molar-refractivity contribution < 1.29 is 14.3 Å². The molecule has 2 aliphatic heterocycles. The molecular formula is C24H25N3O3. The summed E-state index contributed by atoms with van der Waals surface area (Å²) in [5, 5.41) is 7.91. The van der Waals surface area contributed by atoms with E-state index in [1.165, 1.54) is 0 Å². The summed E-state index contributed by atoms with van der Waals surface area (Å²) in [6.45, 7) is 5.39. The molecule has 0 radical (unpaired) electrons. The lowest BCUT2D eigenvalue weighted by Gasteiger charge is -2.43.